The first-order valence-electron chi connectivity index (χ1n) is 5.30. The summed E-state index contributed by atoms with van der Waals surface area (Å²) in [6.07, 6.45) is 0.535. The van der Waals surface area contributed by atoms with Crippen LogP contribution >= 0.6 is 0 Å². The van der Waals surface area contributed by atoms with Crippen molar-refractivity contribution < 1.29 is 9.50 Å². The van der Waals surface area contributed by atoms with Crippen molar-refractivity contribution in [3.8, 4) is 0 Å². The molecule has 0 aliphatic carbocycles. The second-order valence-corrected chi connectivity index (χ2v) is 3.53. The van der Waals surface area contributed by atoms with Gasteiger partial charge in [0.25, 0.3) is 0 Å². The van der Waals surface area contributed by atoms with Gasteiger partial charge < -0.3 is 5.11 Å². The maximum Gasteiger partial charge on any atom is 0.0906 e. The summed E-state index contributed by atoms with van der Waals surface area (Å²) in [6.45, 7) is 1.91. The van der Waals surface area contributed by atoms with E-state index in [1.165, 1.54) is 5.56 Å². The Morgan fingerprint density at radius 1 is 1.13 bits per heavy atom. The van der Waals surface area contributed by atoms with Crippen LogP contribution in [-0.4, -0.2) is 36.4 Å². The lowest BCUT2D eigenvalue weighted by atomic mass is 10.2. The van der Waals surface area contributed by atoms with Crippen LogP contribution in [0.2, 0.25) is 0 Å². The molecule has 1 aromatic rings. The van der Waals surface area contributed by atoms with Gasteiger partial charge in [0.15, 0.2) is 0 Å². The Hall–Kier alpha value is -0.930. The zero-order valence-electron chi connectivity index (χ0n) is 8.90. The van der Waals surface area contributed by atoms with Gasteiger partial charge in [0.1, 0.15) is 0 Å². The Morgan fingerprint density at radius 3 is 2.47 bits per heavy atom. The fourth-order valence-corrected chi connectivity index (χ4v) is 1.54. The molecule has 0 spiro atoms. The smallest absolute Gasteiger partial charge is 0.0906 e. The number of aliphatic hydroxyl groups excluding tert-OH is 1. The molecule has 1 aromatic carbocycles. The molecule has 1 N–H and O–H groups in total. The molecule has 84 valence electrons. The van der Waals surface area contributed by atoms with E-state index >= 15 is 0 Å². The van der Waals surface area contributed by atoms with E-state index in [4.69, 9.17) is 5.11 Å². The third-order valence-electron chi connectivity index (χ3n) is 2.27. The van der Waals surface area contributed by atoms with Gasteiger partial charge in [-0.1, -0.05) is 30.3 Å². The minimum absolute atomic E-state index is 0.124. The summed E-state index contributed by atoms with van der Waals surface area (Å²) in [4.78, 5) is 2.06. The molecular weight excluding hydrogens is 193 g/mol. The molecule has 15 heavy (non-hydrogen) atoms. The van der Waals surface area contributed by atoms with Gasteiger partial charge in [-0.05, 0) is 12.0 Å². The lowest BCUT2D eigenvalue weighted by Gasteiger charge is -2.20. The van der Waals surface area contributed by atoms with E-state index in [-0.39, 0.29) is 13.3 Å². The predicted octanol–water partition coefficient (Wildman–Crippen LogP) is 1.84. The van der Waals surface area contributed by atoms with Crippen LogP contribution < -0.4 is 0 Å². The van der Waals surface area contributed by atoms with Gasteiger partial charge in [-0.3, -0.25) is 9.29 Å². The highest BCUT2D eigenvalue weighted by Gasteiger charge is 2.04. The van der Waals surface area contributed by atoms with E-state index < -0.39 is 0 Å². The molecule has 0 heterocycles. The molecule has 0 atom stereocenters. The van der Waals surface area contributed by atoms with E-state index in [1.807, 2.05) is 30.3 Å². The van der Waals surface area contributed by atoms with Crippen LogP contribution in [0.15, 0.2) is 30.3 Å². The van der Waals surface area contributed by atoms with Crippen LogP contribution in [0.5, 0.6) is 0 Å². The van der Waals surface area contributed by atoms with Crippen molar-refractivity contribution in [2.45, 2.75) is 13.0 Å². The molecule has 3 heteroatoms. The number of alkyl halides is 1. The lowest BCUT2D eigenvalue weighted by molar-refractivity contribution is 0.185. The van der Waals surface area contributed by atoms with Crippen LogP contribution in [0, 0.1) is 0 Å². The molecule has 0 aliphatic heterocycles. The number of nitrogens with zero attached hydrogens (tertiary/aromatic N) is 1. The van der Waals surface area contributed by atoms with Gasteiger partial charge in [-0.2, -0.15) is 0 Å². The predicted molar refractivity (Wildman–Crippen MR) is 59.4 cm³/mol. The molecule has 1 rings (SSSR count). The second-order valence-electron chi connectivity index (χ2n) is 3.53. The van der Waals surface area contributed by atoms with Crippen molar-refractivity contribution in [1.82, 2.24) is 4.90 Å². The quantitative estimate of drug-likeness (QED) is 0.744. The fourth-order valence-electron chi connectivity index (χ4n) is 1.54. The van der Waals surface area contributed by atoms with Crippen LogP contribution in [0.1, 0.15) is 12.0 Å². The molecule has 0 aliphatic rings. The normalized spacial score (nSPS) is 10.9. The molecule has 0 radical (unpaired) electrons. The third kappa shape index (κ3) is 4.91. The van der Waals surface area contributed by atoms with Crippen molar-refractivity contribution in [3.63, 3.8) is 0 Å². The summed E-state index contributed by atoms with van der Waals surface area (Å²) < 4.78 is 12.0. The first-order valence-corrected chi connectivity index (χ1v) is 5.30. The van der Waals surface area contributed by atoms with E-state index in [0.29, 0.717) is 19.5 Å². The molecule has 0 saturated carbocycles. The SMILES string of the molecule is OCCN(CCCF)Cc1ccccc1. The molecule has 0 amide bonds. The van der Waals surface area contributed by atoms with Gasteiger partial charge in [0, 0.05) is 19.6 Å². The van der Waals surface area contributed by atoms with Gasteiger partial charge in [-0.25, -0.2) is 0 Å². The first-order chi connectivity index (χ1) is 7.36. The highest BCUT2D eigenvalue weighted by molar-refractivity contribution is 5.14. The minimum Gasteiger partial charge on any atom is -0.395 e. The third-order valence-corrected chi connectivity index (χ3v) is 2.27. The topological polar surface area (TPSA) is 23.5 Å². The van der Waals surface area contributed by atoms with Crippen molar-refractivity contribution in [2.24, 2.45) is 0 Å². The van der Waals surface area contributed by atoms with E-state index in [1.54, 1.807) is 0 Å². The molecule has 0 bridgehead atoms. The van der Waals surface area contributed by atoms with Crippen LogP contribution in [0.4, 0.5) is 4.39 Å². The maximum absolute atomic E-state index is 12.0. The Balaban J connectivity index is 2.43. The number of rotatable bonds is 7. The molecule has 0 fully saturated rings. The number of hydrogen-bond acceptors (Lipinski definition) is 2. The van der Waals surface area contributed by atoms with Gasteiger partial charge in [0.2, 0.25) is 0 Å². The van der Waals surface area contributed by atoms with Crippen LogP contribution in [-0.2, 0) is 6.54 Å². The van der Waals surface area contributed by atoms with Gasteiger partial charge >= 0.3 is 0 Å². The largest absolute Gasteiger partial charge is 0.395 e. The highest BCUT2D eigenvalue weighted by atomic mass is 19.1. The average Bonchev–Trinajstić information content (AvgIpc) is 2.28. The summed E-state index contributed by atoms with van der Waals surface area (Å²) in [7, 11) is 0. The van der Waals surface area contributed by atoms with E-state index in [2.05, 4.69) is 4.90 Å². The Bertz CT molecular complexity index is 253. The van der Waals surface area contributed by atoms with Crippen molar-refractivity contribution in [2.75, 3.05) is 26.4 Å². The summed E-state index contributed by atoms with van der Waals surface area (Å²) in [5.41, 5.74) is 1.20. The lowest BCUT2D eigenvalue weighted by Crippen LogP contribution is -2.27. The number of aliphatic hydroxyl groups is 1. The second kappa shape index (κ2) is 7.37. The number of benzene rings is 1. The van der Waals surface area contributed by atoms with Gasteiger partial charge in [-0.15, -0.1) is 0 Å². The van der Waals surface area contributed by atoms with Crippen molar-refractivity contribution in [1.29, 1.82) is 0 Å². The van der Waals surface area contributed by atoms with Crippen molar-refractivity contribution in [3.05, 3.63) is 35.9 Å². The molecule has 2 nitrogen and oxygen atoms in total. The van der Waals surface area contributed by atoms with E-state index in [0.717, 1.165) is 6.54 Å². The summed E-state index contributed by atoms with van der Waals surface area (Å²) in [5.74, 6) is 0. The van der Waals surface area contributed by atoms with Gasteiger partial charge in [0.05, 0.1) is 13.3 Å². The van der Waals surface area contributed by atoms with E-state index in [9.17, 15) is 4.39 Å². The standard InChI is InChI=1S/C12H18FNO/c13-7-4-8-14(9-10-15)11-12-5-2-1-3-6-12/h1-3,5-6,15H,4,7-11H2. The number of halogens is 1. The molecule has 0 saturated heterocycles. The molecular formula is C12H18FNO. The number of hydrogen-bond donors (Lipinski definition) is 1. The Labute approximate surface area is 90.3 Å². The Kier molecular flexibility index (Phi) is 5.97. The van der Waals surface area contributed by atoms with Crippen molar-refractivity contribution >= 4 is 0 Å². The fraction of sp³-hybridized carbons (Fsp3) is 0.500. The average molecular weight is 211 g/mol. The minimum atomic E-state index is -0.295. The molecule has 0 unspecified atom stereocenters. The summed E-state index contributed by atoms with van der Waals surface area (Å²) in [5, 5.41) is 8.88. The molecule has 0 aromatic heterocycles. The maximum atomic E-state index is 12.0. The zero-order chi connectivity index (χ0) is 10.9. The summed E-state index contributed by atoms with van der Waals surface area (Å²) >= 11 is 0. The Morgan fingerprint density at radius 2 is 1.87 bits per heavy atom. The highest BCUT2D eigenvalue weighted by Crippen LogP contribution is 2.04. The monoisotopic (exact) mass is 211 g/mol. The summed E-state index contributed by atoms with van der Waals surface area (Å²) in [6, 6.07) is 10.0. The van der Waals surface area contributed by atoms with Crippen LogP contribution in [0.25, 0.3) is 0 Å². The zero-order valence-corrected chi connectivity index (χ0v) is 8.90. The van der Waals surface area contributed by atoms with Crippen LogP contribution in [0.3, 0.4) is 0 Å². The first kappa shape index (κ1) is 12.1.